The fraction of sp³-hybridized carbons (Fsp3) is 0.345. The van der Waals surface area contributed by atoms with Crippen LogP contribution >= 0.6 is 0 Å². The second-order valence-electron chi connectivity index (χ2n) is 9.53. The molecule has 0 unspecified atom stereocenters. The minimum Gasteiger partial charge on any atom is -0.338 e. The zero-order valence-corrected chi connectivity index (χ0v) is 20.5. The summed E-state index contributed by atoms with van der Waals surface area (Å²) in [5, 5.41) is 17.9. The Balaban J connectivity index is 1.38. The van der Waals surface area contributed by atoms with E-state index in [0.29, 0.717) is 23.7 Å². The van der Waals surface area contributed by atoms with E-state index in [-0.39, 0.29) is 10.6 Å². The summed E-state index contributed by atoms with van der Waals surface area (Å²) in [6.45, 7) is 4.97. The number of benzene rings is 3. The average molecular weight is 485 g/mol. The standard InChI is InChI=1S/C29H32N4O3/c34-33(35)26-14-8-12-24(20-26)28-21-29(36-30-28)32(19-9-18-31-16-5-1-2-6-17-31)22-25-13-7-11-23-10-3-4-15-27(23)25/h3-4,7-8,10-15,20-21H,1-2,5-6,9,16-19,22H2. The predicted molar refractivity (Wildman–Crippen MR) is 143 cm³/mol. The number of rotatable bonds is 9. The summed E-state index contributed by atoms with van der Waals surface area (Å²) >= 11 is 0. The molecule has 1 fully saturated rings. The zero-order valence-electron chi connectivity index (χ0n) is 20.5. The van der Waals surface area contributed by atoms with Gasteiger partial charge in [-0.1, -0.05) is 72.6 Å². The Morgan fingerprint density at radius 2 is 1.72 bits per heavy atom. The first-order valence-corrected chi connectivity index (χ1v) is 12.8. The maximum absolute atomic E-state index is 11.2. The molecule has 7 heteroatoms. The number of likely N-dealkylation sites (tertiary alicyclic amines) is 1. The van der Waals surface area contributed by atoms with Crippen LogP contribution in [0.5, 0.6) is 0 Å². The molecule has 7 nitrogen and oxygen atoms in total. The van der Waals surface area contributed by atoms with Gasteiger partial charge < -0.3 is 14.3 Å². The first kappa shape index (κ1) is 24.0. The molecule has 0 saturated carbocycles. The molecule has 3 aromatic carbocycles. The second-order valence-corrected chi connectivity index (χ2v) is 9.53. The Labute approximate surface area is 211 Å². The number of anilines is 1. The van der Waals surface area contributed by atoms with E-state index in [4.69, 9.17) is 4.52 Å². The smallest absolute Gasteiger partial charge is 0.270 e. The number of nitro groups is 1. The average Bonchev–Trinajstić information content (AvgIpc) is 3.26. The summed E-state index contributed by atoms with van der Waals surface area (Å²) < 4.78 is 5.82. The number of nitro benzene ring substituents is 1. The molecule has 1 saturated heterocycles. The van der Waals surface area contributed by atoms with E-state index in [0.717, 1.165) is 19.5 Å². The molecule has 2 heterocycles. The molecule has 0 spiro atoms. The minimum absolute atomic E-state index is 0.0436. The first-order valence-electron chi connectivity index (χ1n) is 12.8. The third-order valence-corrected chi connectivity index (χ3v) is 7.00. The summed E-state index contributed by atoms with van der Waals surface area (Å²) in [6.07, 6.45) is 6.27. The summed E-state index contributed by atoms with van der Waals surface area (Å²) in [7, 11) is 0. The molecule has 0 N–H and O–H groups in total. The van der Waals surface area contributed by atoms with Crippen LogP contribution in [0.4, 0.5) is 11.6 Å². The Hall–Kier alpha value is -3.71. The van der Waals surface area contributed by atoms with E-state index in [9.17, 15) is 10.1 Å². The fourth-order valence-corrected chi connectivity index (χ4v) is 5.08. The number of aromatic nitrogens is 1. The molecule has 5 rings (SSSR count). The van der Waals surface area contributed by atoms with Crippen LogP contribution < -0.4 is 4.90 Å². The zero-order chi connectivity index (χ0) is 24.7. The van der Waals surface area contributed by atoms with Crippen molar-refractivity contribution in [2.45, 2.75) is 38.6 Å². The van der Waals surface area contributed by atoms with Gasteiger partial charge in [0.25, 0.3) is 5.69 Å². The van der Waals surface area contributed by atoms with E-state index >= 15 is 0 Å². The van der Waals surface area contributed by atoms with Gasteiger partial charge in [0.15, 0.2) is 0 Å². The van der Waals surface area contributed by atoms with Crippen LogP contribution in [0.25, 0.3) is 22.0 Å². The molecule has 0 bridgehead atoms. The maximum atomic E-state index is 11.2. The summed E-state index contributed by atoms with van der Waals surface area (Å²) in [6, 6.07) is 23.3. The molecule has 1 aliphatic rings. The molecule has 0 atom stereocenters. The molecule has 1 aromatic heterocycles. The third kappa shape index (κ3) is 5.74. The Morgan fingerprint density at radius 1 is 0.944 bits per heavy atom. The lowest BCUT2D eigenvalue weighted by atomic mass is 10.0. The third-order valence-electron chi connectivity index (χ3n) is 7.00. The Bertz CT molecular complexity index is 1310. The van der Waals surface area contributed by atoms with Crippen molar-refractivity contribution in [2.75, 3.05) is 31.1 Å². The van der Waals surface area contributed by atoms with E-state index < -0.39 is 0 Å². The number of non-ortho nitro benzene ring substituents is 1. The molecule has 1 aliphatic heterocycles. The fourth-order valence-electron chi connectivity index (χ4n) is 5.08. The SMILES string of the molecule is O=[N+]([O-])c1cccc(-c2cc(N(CCCN3CCCCCC3)Cc3cccc4ccccc34)on2)c1. The van der Waals surface area contributed by atoms with E-state index in [1.165, 1.54) is 67.2 Å². The molecule has 0 amide bonds. The monoisotopic (exact) mass is 484 g/mol. The highest BCUT2D eigenvalue weighted by Gasteiger charge is 2.18. The van der Waals surface area contributed by atoms with Gasteiger partial charge in [-0.05, 0) is 55.2 Å². The van der Waals surface area contributed by atoms with Gasteiger partial charge in [-0.3, -0.25) is 10.1 Å². The van der Waals surface area contributed by atoms with Gasteiger partial charge >= 0.3 is 0 Å². The summed E-state index contributed by atoms with van der Waals surface area (Å²) in [5.74, 6) is 0.681. The van der Waals surface area contributed by atoms with Crippen molar-refractivity contribution in [1.29, 1.82) is 0 Å². The van der Waals surface area contributed by atoms with Gasteiger partial charge in [0.1, 0.15) is 5.69 Å². The lowest BCUT2D eigenvalue weighted by Crippen LogP contribution is -2.30. The van der Waals surface area contributed by atoms with Crippen LogP contribution in [0, 0.1) is 10.1 Å². The lowest BCUT2D eigenvalue weighted by Gasteiger charge is -2.25. The van der Waals surface area contributed by atoms with Crippen molar-refractivity contribution in [3.05, 3.63) is 88.5 Å². The van der Waals surface area contributed by atoms with Crippen LogP contribution in [0.2, 0.25) is 0 Å². The highest BCUT2D eigenvalue weighted by atomic mass is 16.6. The number of hydrogen-bond donors (Lipinski definition) is 0. The molecule has 0 aliphatic carbocycles. The van der Waals surface area contributed by atoms with Crippen LogP contribution in [-0.4, -0.2) is 41.2 Å². The van der Waals surface area contributed by atoms with Crippen LogP contribution in [0.3, 0.4) is 0 Å². The van der Waals surface area contributed by atoms with Crippen LogP contribution in [-0.2, 0) is 6.54 Å². The van der Waals surface area contributed by atoms with Crippen LogP contribution in [0.15, 0.2) is 77.3 Å². The van der Waals surface area contributed by atoms with Crippen LogP contribution in [0.1, 0.15) is 37.7 Å². The Morgan fingerprint density at radius 3 is 2.56 bits per heavy atom. The summed E-state index contributed by atoms with van der Waals surface area (Å²) in [5.41, 5.74) is 2.55. The Kier molecular flexibility index (Phi) is 7.57. The normalized spacial score (nSPS) is 14.6. The molecule has 36 heavy (non-hydrogen) atoms. The largest absolute Gasteiger partial charge is 0.338 e. The van der Waals surface area contributed by atoms with Crippen molar-refractivity contribution in [2.24, 2.45) is 0 Å². The predicted octanol–water partition coefficient (Wildman–Crippen LogP) is 6.68. The van der Waals surface area contributed by atoms with E-state index in [2.05, 4.69) is 57.4 Å². The van der Waals surface area contributed by atoms with Gasteiger partial charge in [0.05, 0.1) is 4.92 Å². The molecular formula is C29H32N4O3. The van der Waals surface area contributed by atoms with Gasteiger partial charge in [-0.15, -0.1) is 0 Å². The van der Waals surface area contributed by atoms with Crippen molar-refractivity contribution >= 4 is 22.3 Å². The van der Waals surface area contributed by atoms with Crippen molar-refractivity contribution in [1.82, 2.24) is 10.1 Å². The second kappa shape index (κ2) is 11.4. The van der Waals surface area contributed by atoms with Crippen molar-refractivity contribution < 1.29 is 9.45 Å². The molecular weight excluding hydrogens is 452 g/mol. The van der Waals surface area contributed by atoms with Gasteiger partial charge in [0.2, 0.25) is 5.88 Å². The highest BCUT2D eigenvalue weighted by molar-refractivity contribution is 5.85. The first-order chi connectivity index (χ1) is 17.7. The number of nitrogens with zero attached hydrogens (tertiary/aromatic N) is 4. The highest BCUT2D eigenvalue weighted by Crippen LogP contribution is 2.29. The number of hydrogen-bond acceptors (Lipinski definition) is 6. The van der Waals surface area contributed by atoms with Gasteiger partial charge in [-0.2, -0.15) is 0 Å². The minimum atomic E-state index is -0.389. The molecule has 4 aromatic rings. The maximum Gasteiger partial charge on any atom is 0.270 e. The van der Waals surface area contributed by atoms with Gasteiger partial charge in [-0.25, -0.2) is 0 Å². The summed E-state index contributed by atoms with van der Waals surface area (Å²) in [4.78, 5) is 15.7. The topological polar surface area (TPSA) is 75.7 Å². The molecule has 186 valence electrons. The number of fused-ring (bicyclic) bond motifs is 1. The lowest BCUT2D eigenvalue weighted by molar-refractivity contribution is -0.384. The quantitative estimate of drug-likeness (QED) is 0.195. The molecule has 0 radical (unpaired) electrons. The van der Waals surface area contributed by atoms with E-state index in [1.54, 1.807) is 6.07 Å². The van der Waals surface area contributed by atoms with Crippen molar-refractivity contribution in [3.8, 4) is 11.3 Å². The van der Waals surface area contributed by atoms with Crippen molar-refractivity contribution in [3.63, 3.8) is 0 Å². The van der Waals surface area contributed by atoms with E-state index in [1.807, 2.05) is 12.1 Å². The van der Waals surface area contributed by atoms with Gasteiger partial charge in [0, 0.05) is 36.9 Å².